The summed E-state index contributed by atoms with van der Waals surface area (Å²) in [6, 6.07) is 54.8. The monoisotopic (exact) mass is 774 g/mol. The van der Waals surface area contributed by atoms with Crippen LogP contribution in [-0.2, 0) is 48.4 Å². The second-order valence-corrected chi connectivity index (χ2v) is 15.1. The maximum absolute atomic E-state index is 14.0. The van der Waals surface area contributed by atoms with Gasteiger partial charge in [-0.25, -0.2) is 0 Å². The molecule has 9 rings (SSSR count). The molecule has 0 fully saturated rings. The Bertz CT molecular complexity index is 2740. The molecule has 9 aromatic rings. The third-order valence-electron chi connectivity index (χ3n) is 11.5. The fourth-order valence-corrected chi connectivity index (χ4v) is 8.47. The minimum absolute atomic E-state index is 0.0172. The predicted molar refractivity (Wildman–Crippen MR) is 236 cm³/mol. The molecule has 0 radical (unpaired) electrons. The Morgan fingerprint density at radius 3 is 0.898 bits per heavy atom. The first-order valence-electron chi connectivity index (χ1n) is 20.2. The average Bonchev–Trinajstić information content (AvgIpc) is 3.27. The molecule has 0 unspecified atom stereocenters. The molecule has 0 heterocycles. The third-order valence-corrected chi connectivity index (χ3v) is 11.5. The number of benzene rings is 9. The maximum Gasteiger partial charge on any atom is 0.309 e. The summed E-state index contributed by atoms with van der Waals surface area (Å²) in [6.07, 6.45) is 0.282. The molecule has 0 aliphatic rings. The lowest BCUT2D eigenvalue weighted by Gasteiger charge is -2.18. The van der Waals surface area contributed by atoms with Gasteiger partial charge in [0.15, 0.2) is 0 Å². The van der Waals surface area contributed by atoms with E-state index in [1.807, 2.05) is 109 Å². The standard InChI is InChI=1S/C53H42O6/c54-51(57-32-48-42-19-7-1-13-36(42)29-37-14-2-8-20-43(37)48)27-25-35(53(56)59-34-50-46-23-11-5-17-40(46)31-41-18-6-12-24-47(41)50)26-28-52(55)58-33-49-44-21-9-3-15-38(44)30-39-16-4-10-22-45(39)49/h1-24,29-31,35H,25-28,32-34H2. The SMILES string of the molecule is O=C(CCC(CCC(=O)OCc1c2ccccc2cc2ccccc12)C(=O)OCc1c2ccccc2cc2ccccc12)OCc1c2ccccc2cc2ccccc12. The van der Waals surface area contributed by atoms with E-state index in [0.29, 0.717) is 0 Å². The Morgan fingerprint density at radius 2 is 0.610 bits per heavy atom. The van der Waals surface area contributed by atoms with Crippen LogP contribution in [0.1, 0.15) is 42.4 Å². The Kier molecular flexibility index (Phi) is 10.7. The highest BCUT2D eigenvalue weighted by molar-refractivity contribution is 6.04. The molecular weight excluding hydrogens is 733 g/mol. The van der Waals surface area contributed by atoms with Gasteiger partial charge in [-0.05, 0) is 95.7 Å². The van der Waals surface area contributed by atoms with E-state index in [1.165, 1.54) is 0 Å². The van der Waals surface area contributed by atoms with Gasteiger partial charge in [-0.15, -0.1) is 0 Å². The van der Waals surface area contributed by atoms with Crippen LogP contribution in [0, 0.1) is 5.92 Å². The highest BCUT2D eigenvalue weighted by Gasteiger charge is 2.25. The zero-order valence-electron chi connectivity index (χ0n) is 32.6. The van der Waals surface area contributed by atoms with Gasteiger partial charge in [0.1, 0.15) is 19.8 Å². The number of fused-ring (bicyclic) bond motifs is 6. The van der Waals surface area contributed by atoms with Crippen LogP contribution in [0.15, 0.2) is 164 Å². The van der Waals surface area contributed by atoms with E-state index in [-0.39, 0.29) is 45.5 Å². The molecule has 6 nitrogen and oxygen atoms in total. The van der Waals surface area contributed by atoms with E-state index >= 15 is 0 Å². The Labute approximate surface area is 341 Å². The predicted octanol–water partition coefficient (Wildman–Crippen LogP) is 12.3. The van der Waals surface area contributed by atoms with Crippen molar-refractivity contribution in [2.24, 2.45) is 5.92 Å². The van der Waals surface area contributed by atoms with Crippen LogP contribution in [0.3, 0.4) is 0 Å². The molecule has 59 heavy (non-hydrogen) atoms. The van der Waals surface area contributed by atoms with E-state index in [2.05, 4.69) is 54.6 Å². The normalized spacial score (nSPS) is 11.5. The maximum atomic E-state index is 14.0. The molecule has 0 N–H and O–H groups in total. The molecule has 0 aliphatic heterocycles. The molecule has 0 spiro atoms. The van der Waals surface area contributed by atoms with E-state index in [4.69, 9.17) is 14.2 Å². The number of carbonyl (C=O) groups excluding carboxylic acids is 3. The molecule has 0 atom stereocenters. The van der Waals surface area contributed by atoms with Gasteiger partial charge in [-0.3, -0.25) is 14.4 Å². The zero-order valence-corrected chi connectivity index (χ0v) is 32.6. The van der Waals surface area contributed by atoms with Gasteiger partial charge in [-0.1, -0.05) is 146 Å². The molecular formula is C53H42O6. The van der Waals surface area contributed by atoms with Gasteiger partial charge < -0.3 is 14.2 Å². The number of ether oxygens (including phenoxy) is 3. The fraction of sp³-hybridized carbons (Fsp3) is 0.151. The smallest absolute Gasteiger partial charge is 0.309 e. The second-order valence-electron chi connectivity index (χ2n) is 15.1. The first-order valence-corrected chi connectivity index (χ1v) is 20.2. The van der Waals surface area contributed by atoms with Crippen LogP contribution in [0.25, 0.3) is 64.6 Å². The van der Waals surface area contributed by atoms with Crippen molar-refractivity contribution in [3.8, 4) is 0 Å². The first-order chi connectivity index (χ1) is 29.0. The van der Waals surface area contributed by atoms with Crippen molar-refractivity contribution < 1.29 is 28.6 Å². The molecule has 0 amide bonds. The quantitative estimate of drug-likeness (QED) is 0.0659. The van der Waals surface area contributed by atoms with Crippen LogP contribution in [0.5, 0.6) is 0 Å². The Balaban J connectivity index is 0.919. The van der Waals surface area contributed by atoms with Crippen molar-refractivity contribution in [2.45, 2.75) is 45.5 Å². The number of hydrogen-bond donors (Lipinski definition) is 0. The molecule has 0 saturated carbocycles. The third kappa shape index (κ3) is 7.95. The first kappa shape index (κ1) is 37.5. The van der Waals surface area contributed by atoms with E-state index < -0.39 is 23.8 Å². The number of esters is 3. The molecule has 0 saturated heterocycles. The largest absolute Gasteiger partial charge is 0.461 e. The molecule has 6 heteroatoms. The fourth-order valence-electron chi connectivity index (χ4n) is 8.47. The van der Waals surface area contributed by atoms with Crippen LogP contribution < -0.4 is 0 Å². The van der Waals surface area contributed by atoms with Crippen LogP contribution in [0.2, 0.25) is 0 Å². The van der Waals surface area contributed by atoms with Crippen LogP contribution in [0.4, 0.5) is 0 Å². The topological polar surface area (TPSA) is 78.9 Å². The lowest BCUT2D eigenvalue weighted by molar-refractivity contribution is -0.152. The number of hydrogen-bond acceptors (Lipinski definition) is 6. The molecule has 0 aromatic heterocycles. The Morgan fingerprint density at radius 1 is 0.356 bits per heavy atom. The van der Waals surface area contributed by atoms with Crippen molar-refractivity contribution in [3.05, 3.63) is 180 Å². The van der Waals surface area contributed by atoms with E-state index in [0.717, 1.165) is 81.3 Å². The van der Waals surface area contributed by atoms with Gasteiger partial charge in [0.05, 0.1) is 5.92 Å². The summed E-state index contributed by atoms with van der Waals surface area (Å²) in [5, 5.41) is 12.5. The summed E-state index contributed by atoms with van der Waals surface area (Å²) < 4.78 is 17.9. The molecule has 9 aromatic carbocycles. The van der Waals surface area contributed by atoms with Crippen molar-refractivity contribution in [1.29, 1.82) is 0 Å². The number of carbonyl (C=O) groups is 3. The molecule has 0 bridgehead atoms. The highest BCUT2D eigenvalue weighted by Crippen LogP contribution is 2.33. The van der Waals surface area contributed by atoms with E-state index in [1.54, 1.807) is 0 Å². The number of rotatable bonds is 13. The van der Waals surface area contributed by atoms with Gasteiger partial charge in [0.25, 0.3) is 0 Å². The van der Waals surface area contributed by atoms with Gasteiger partial charge in [0.2, 0.25) is 0 Å². The minimum atomic E-state index is -0.742. The summed E-state index contributed by atoms with van der Waals surface area (Å²) in [7, 11) is 0. The molecule has 290 valence electrons. The van der Waals surface area contributed by atoms with Gasteiger partial charge in [-0.2, -0.15) is 0 Å². The zero-order chi connectivity index (χ0) is 40.1. The van der Waals surface area contributed by atoms with Crippen LogP contribution in [-0.4, -0.2) is 17.9 Å². The highest BCUT2D eigenvalue weighted by atomic mass is 16.5. The van der Waals surface area contributed by atoms with Crippen molar-refractivity contribution >= 4 is 82.5 Å². The lowest BCUT2D eigenvalue weighted by atomic mass is 9.96. The summed E-state index contributed by atoms with van der Waals surface area (Å²) in [5.74, 6) is -2.06. The van der Waals surface area contributed by atoms with Gasteiger partial charge >= 0.3 is 17.9 Å². The van der Waals surface area contributed by atoms with Gasteiger partial charge in [0, 0.05) is 29.5 Å². The molecule has 0 aliphatic carbocycles. The second kappa shape index (κ2) is 16.8. The summed E-state index contributed by atoms with van der Waals surface area (Å²) >= 11 is 0. The summed E-state index contributed by atoms with van der Waals surface area (Å²) in [5.41, 5.74) is 2.79. The van der Waals surface area contributed by atoms with Crippen LogP contribution >= 0.6 is 0 Å². The Hall–Kier alpha value is -7.05. The van der Waals surface area contributed by atoms with E-state index in [9.17, 15) is 14.4 Å². The lowest BCUT2D eigenvalue weighted by Crippen LogP contribution is -2.21. The van der Waals surface area contributed by atoms with Crippen molar-refractivity contribution in [1.82, 2.24) is 0 Å². The minimum Gasteiger partial charge on any atom is -0.461 e. The van der Waals surface area contributed by atoms with Crippen molar-refractivity contribution in [2.75, 3.05) is 0 Å². The van der Waals surface area contributed by atoms with Crippen molar-refractivity contribution in [3.63, 3.8) is 0 Å². The average molecular weight is 775 g/mol. The summed E-state index contributed by atoms with van der Waals surface area (Å²) in [6.45, 7) is 0.243. The summed E-state index contributed by atoms with van der Waals surface area (Å²) in [4.78, 5) is 40.9.